The van der Waals surface area contributed by atoms with Gasteiger partial charge < -0.3 is 19.8 Å². The molecule has 9 nitrogen and oxygen atoms in total. The molecule has 194 valence electrons. The third-order valence-corrected chi connectivity index (χ3v) is 6.26. The molecule has 0 bridgehead atoms. The summed E-state index contributed by atoms with van der Waals surface area (Å²) in [6, 6.07) is 13.4. The number of aromatic nitrogens is 2. The van der Waals surface area contributed by atoms with E-state index in [1.165, 1.54) is 27.3 Å². The highest BCUT2D eigenvalue weighted by atomic mass is 19.1. The molecule has 4 aromatic rings. The van der Waals surface area contributed by atoms with E-state index in [0.717, 1.165) is 10.8 Å². The molecular formula is C28H24FN3O6. The van der Waals surface area contributed by atoms with E-state index < -0.39 is 23.0 Å². The second kappa shape index (κ2) is 10.6. The molecule has 0 saturated carbocycles. The van der Waals surface area contributed by atoms with Crippen molar-refractivity contribution in [1.82, 2.24) is 9.55 Å². The normalized spacial score (nSPS) is 10.7. The second-order valence-electron chi connectivity index (χ2n) is 8.38. The summed E-state index contributed by atoms with van der Waals surface area (Å²) in [5.74, 6) is -0.873. The number of amides is 1. The molecule has 2 N–H and O–H groups in total. The van der Waals surface area contributed by atoms with Crippen molar-refractivity contribution < 1.29 is 23.5 Å². The van der Waals surface area contributed by atoms with E-state index in [2.05, 4.69) is 10.3 Å². The Morgan fingerprint density at radius 3 is 2.39 bits per heavy atom. The SMILES string of the molecule is COc1cc(-c2cccc(-c3cccc(NC(=O)c4c[nH]c(=O)n(C)c4=O)c3C)c2OC)cc(F)c1C=O. The van der Waals surface area contributed by atoms with Crippen LogP contribution in [0.2, 0.25) is 0 Å². The molecule has 0 saturated heterocycles. The Kier molecular flexibility index (Phi) is 7.24. The average Bonchev–Trinajstić information content (AvgIpc) is 2.91. The number of rotatable bonds is 7. The molecule has 4 rings (SSSR count). The molecule has 1 amide bonds. The fourth-order valence-electron chi connectivity index (χ4n) is 4.21. The lowest BCUT2D eigenvalue weighted by Crippen LogP contribution is -2.37. The number of hydrogen-bond donors (Lipinski definition) is 2. The zero-order valence-corrected chi connectivity index (χ0v) is 21.0. The number of aromatic amines is 1. The maximum atomic E-state index is 14.7. The van der Waals surface area contributed by atoms with Crippen molar-refractivity contribution in [3.05, 3.63) is 98.1 Å². The fourth-order valence-corrected chi connectivity index (χ4v) is 4.21. The van der Waals surface area contributed by atoms with E-state index in [4.69, 9.17) is 9.47 Å². The van der Waals surface area contributed by atoms with Gasteiger partial charge in [0.15, 0.2) is 6.29 Å². The van der Waals surface area contributed by atoms with Crippen molar-refractivity contribution in [1.29, 1.82) is 0 Å². The van der Waals surface area contributed by atoms with Crippen LogP contribution in [0.15, 0.2) is 64.3 Å². The number of para-hydroxylation sites is 1. The molecule has 38 heavy (non-hydrogen) atoms. The van der Waals surface area contributed by atoms with Crippen LogP contribution in [0.3, 0.4) is 0 Å². The summed E-state index contributed by atoms with van der Waals surface area (Å²) in [7, 11) is 4.12. The number of nitrogens with zero attached hydrogens (tertiary/aromatic N) is 1. The van der Waals surface area contributed by atoms with Crippen molar-refractivity contribution in [2.75, 3.05) is 19.5 Å². The number of anilines is 1. The predicted octanol–water partition coefficient (Wildman–Crippen LogP) is 3.94. The third-order valence-electron chi connectivity index (χ3n) is 6.26. The van der Waals surface area contributed by atoms with Gasteiger partial charge >= 0.3 is 5.69 Å². The minimum absolute atomic E-state index is 0.0942. The van der Waals surface area contributed by atoms with Crippen LogP contribution < -0.4 is 26.0 Å². The van der Waals surface area contributed by atoms with E-state index in [9.17, 15) is 23.6 Å². The summed E-state index contributed by atoms with van der Waals surface area (Å²) in [6.45, 7) is 1.80. The van der Waals surface area contributed by atoms with Crippen LogP contribution in [0.4, 0.5) is 10.1 Å². The van der Waals surface area contributed by atoms with Crippen molar-refractivity contribution in [2.45, 2.75) is 6.92 Å². The molecule has 0 aliphatic rings. The van der Waals surface area contributed by atoms with Crippen LogP contribution in [0.25, 0.3) is 22.3 Å². The number of halogens is 1. The van der Waals surface area contributed by atoms with Gasteiger partial charge in [0.05, 0.1) is 19.8 Å². The number of benzene rings is 3. The Bertz CT molecular complexity index is 1690. The molecule has 0 fully saturated rings. The topological polar surface area (TPSA) is 119 Å². The molecule has 3 aromatic carbocycles. The maximum Gasteiger partial charge on any atom is 0.328 e. The maximum absolute atomic E-state index is 14.7. The summed E-state index contributed by atoms with van der Waals surface area (Å²) < 4.78 is 26.4. The smallest absolute Gasteiger partial charge is 0.328 e. The number of methoxy groups -OCH3 is 2. The Labute approximate surface area is 216 Å². The Hall–Kier alpha value is -4.99. The number of nitrogens with one attached hydrogen (secondary N) is 2. The Balaban J connectivity index is 1.79. The highest BCUT2D eigenvalue weighted by Crippen LogP contribution is 2.42. The monoisotopic (exact) mass is 517 g/mol. The molecule has 10 heteroatoms. The number of aldehydes is 1. The van der Waals surface area contributed by atoms with Gasteiger partial charge in [-0.3, -0.25) is 19.0 Å². The lowest BCUT2D eigenvalue weighted by molar-refractivity contribution is 0.102. The quantitative estimate of drug-likeness (QED) is 0.359. The van der Waals surface area contributed by atoms with Gasteiger partial charge in [-0.1, -0.05) is 30.3 Å². The molecule has 0 radical (unpaired) electrons. The zero-order valence-electron chi connectivity index (χ0n) is 21.0. The molecule has 0 aliphatic carbocycles. The van der Waals surface area contributed by atoms with Gasteiger partial charge in [-0.05, 0) is 41.8 Å². The molecule has 0 atom stereocenters. The third kappa shape index (κ3) is 4.59. The summed E-state index contributed by atoms with van der Waals surface area (Å²) in [5.41, 5.74) is 1.76. The predicted molar refractivity (Wildman–Crippen MR) is 141 cm³/mol. The Morgan fingerprint density at radius 2 is 1.71 bits per heavy atom. The van der Waals surface area contributed by atoms with Gasteiger partial charge in [0.25, 0.3) is 11.5 Å². The molecule has 0 unspecified atom stereocenters. The van der Waals surface area contributed by atoms with Crippen molar-refractivity contribution in [3.63, 3.8) is 0 Å². The number of hydrogen-bond acceptors (Lipinski definition) is 6. The van der Waals surface area contributed by atoms with Gasteiger partial charge in [0.2, 0.25) is 0 Å². The van der Waals surface area contributed by atoms with Crippen molar-refractivity contribution >= 4 is 17.9 Å². The minimum Gasteiger partial charge on any atom is -0.496 e. The van der Waals surface area contributed by atoms with Crippen LogP contribution in [0.1, 0.15) is 26.3 Å². The molecular weight excluding hydrogens is 493 g/mol. The van der Waals surface area contributed by atoms with Gasteiger partial charge in [-0.2, -0.15) is 0 Å². The van der Waals surface area contributed by atoms with Crippen LogP contribution in [-0.4, -0.2) is 36.0 Å². The number of carbonyl (C=O) groups is 2. The number of carbonyl (C=O) groups excluding carboxylic acids is 2. The van der Waals surface area contributed by atoms with Gasteiger partial charge in [0.1, 0.15) is 22.9 Å². The Morgan fingerprint density at radius 1 is 1.03 bits per heavy atom. The highest BCUT2D eigenvalue weighted by molar-refractivity contribution is 6.04. The largest absolute Gasteiger partial charge is 0.496 e. The van der Waals surface area contributed by atoms with E-state index in [1.54, 1.807) is 37.3 Å². The fraction of sp³-hybridized carbons (Fsp3) is 0.143. The van der Waals surface area contributed by atoms with E-state index in [0.29, 0.717) is 45.5 Å². The van der Waals surface area contributed by atoms with Crippen LogP contribution in [0, 0.1) is 12.7 Å². The minimum atomic E-state index is -0.726. The average molecular weight is 518 g/mol. The highest BCUT2D eigenvalue weighted by Gasteiger charge is 2.20. The molecule has 1 heterocycles. The van der Waals surface area contributed by atoms with Crippen LogP contribution in [-0.2, 0) is 7.05 Å². The first-order chi connectivity index (χ1) is 18.2. The van der Waals surface area contributed by atoms with Gasteiger partial charge in [-0.15, -0.1) is 0 Å². The summed E-state index contributed by atoms with van der Waals surface area (Å²) >= 11 is 0. The molecule has 0 spiro atoms. The summed E-state index contributed by atoms with van der Waals surface area (Å²) in [4.78, 5) is 50.5. The number of H-pyrrole nitrogens is 1. The first-order valence-corrected chi connectivity index (χ1v) is 11.4. The zero-order chi connectivity index (χ0) is 27.6. The van der Waals surface area contributed by atoms with Gasteiger partial charge in [0, 0.05) is 30.1 Å². The summed E-state index contributed by atoms with van der Waals surface area (Å²) in [5, 5.41) is 2.73. The standard InChI is InChI=1S/C28H24FN3O6/c1-15-17(7-6-10-23(15)31-26(34)20-13-30-28(36)32(2)27(20)35)19-9-5-8-18(25(19)38-4)16-11-22(29)21(14-33)24(12-16)37-3/h5-14H,1-4H3,(H,30,36)(H,31,34). The first-order valence-electron chi connectivity index (χ1n) is 11.4. The van der Waals surface area contributed by atoms with Crippen LogP contribution >= 0.6 is 0 Å². The van der Waals surface area contributed by atoms with E-state index in [-0.39, 0.29) is 16.9 Å². The summed E-state index contributed by atoms with van der Waals surface area (Å²) in [6.07, 6.45) is 1.48. The lowest BCUT2D eigenvalue weighted by atomic mass is 9.93. The molecule has 0 aliphatic heterocycles. The van der Waals surface area contributed by atoms with Crippen molar-refractivity contribution in [2.24, 2.45) is 7.05 Å². The first kappa shape index (κ1) is 26.1. The van der Waals surface area contributed by atoms with Crippen molar-refractivity contribution in [3.8, 4) is 33.8 Å². The second-order valence-corrected chi connectivity index (χ2v) is 8.38. The molecule has 1 aromatic heterocycles. The van der Waals surface area contributed by atoms with Gasteiger partial charge in [-0.25, -0.2) is 9.18 Å². The van der Waals surface area contributed by atoms with E-state index >= 15 is 0 Å². The van der Waals surface area contributed by atoms with Crippen LogP contribution in [0.5, 0.6) is 11.5 Å². The van der Waals surface area contributed by atoms with E-state index in [1.807, 2.05) is 12.1 Å². The number of ether oxygens (including phenoxy) is 2. The lowest BCUT2D eigenvalue weighted by Gasteiger charge is -2.18.